The molecule has 0 saturated carbocycles. The van der Waals surface area contributed by atoms with Crippen LogP contribution in [0.2, 0.25) is 5.02 Å². The second-order valence-electron chi connectivity index (χ2n) is 3.43. The summed E-state index contributed by atoms with van der Waals surface area (Å²) >= 11 is 5.82. The first-order valence-electron chi connectivity index (χ1n) is 4.79. The van der Waals surface area contributed by atoms with Gasteiger partial charge in [-0.2, -0.15) is 0 Å². The standard InChI is InChI=1S/C11H11ClFNO/c12-10-9(13)4-3-8-7(2-1-5-15)6-14-11(8)10/h3-4,6,14-15H,1-2,5H2. The lowest BCUT2D eigenvalue weighted by Crippen LogP contribution is -1.87. The summed E-state index contributed by atoms with van der Waals surface area (Å²) in [5, 5.41) is 9.79. The van der Waals surface area contributed by atoms with Crippen LogP contribution < -0.4 is 0 Å². The van der Waals surface area contributed by atoms with E-state index in [1.807, 2.05) is 6.20 Å². The van der Waals surface area contributed by atoms with Gasteiger partial charge in [0.2, 0.25) is 0 Å². The van der Waals surface area contributed by atoms with Crippen LogP contribution in [0.15, 0.2) is 18.3 Å². The Labute approximate surface area is 91.7 Å². The van der Waals surface area contributed by atoms with Gasteiger partial charge in [-0.05, 0) is 30.5 Å². The zero-order chi connectivity index (χ0) is 10.8. The molecule has 80 valence electrons. The maximum absolute atomic E-state index is 13.1. The normalized spacial score (nSPS) is 11.1. The highest BCUT2D eigenvalue weighted by atomic mass is 35.5. The number of aliphatic hydroxyl groups is 1. The van der Waals surface area contributed by atoms with Crippen molar-refractivity contribution in [1.29, 1.82) is 0 Å². The Balaban J connectivity index is 2.47. The number of hydrogen-bond acceptors (Lipinski definition) is 1. The quantitative estimate of drug-likeness (QED) is 0.831. The zero-order valence-electron chi connectivity index (χ0n) is 8.06. The number of aromatic nitrogens is 1. The van der Waals surface area contributed by atoms with Crippen molar-refractivity contribution in [3.05, 3.63) is 34.7 Å². The second-order valence-corrected chi connectivity index (χ2v) is 3.80. The number of halogens is 2. The molecule has 0 saturated heterocycles. The minimum absolute atomic E-state index is 0.128. The Hall–Kier alpha value is -1.06. The molecule has 0 bridgehead atoms. The maximum Gasteiger partial charge on any atom is 0.143 e. The van der Waals surface area contributed by atoms with Gasteiger partial charge >= 0.3 is 0 Å². The van der Waals surface area contributed by atoms with Crippen molar-refractivity contribution in [2.45, 2.75) is 12.8 Å². The molecule has 2 rings (SSSR count). The monoisotopic (exact) mass is 227 g/mol. The van der Waals surface area contributed by atoms with Gasteiger partial charge in [0.15, 0.2) is 0 Å². The molecular formula is C11H11ClFNO. The van der Waals surface area contributed by atoms with Crippen LogP contribution in [0.4, 0.5) is 4.39 Å². The summed E-state index contributed by atoms with van der Waals surface area (Å²) in [5.41, 5.74) is 1.69. The summed E-state index contributed by atoms with van der Waals surface area (Å²) < 4.78 is 13.1. The van der Waals surface area contributed by atoms with Gasteiger partial charge < -0.3 is 10.1 Å². The average Bonchev–Trinajstić information content (AvgIpc) is 2.64. The largest absolute Gasteiger partial charge is 0.396 e. The molecule has 1 heterocycles. The summed E-state index contributed by atoms with van der Waals surface area (Å²) in [6.45, 7) is 0.154. The topological polar surface area (TPSA) is 36.0 Å². The summed E-state index contributed by atoms with van der Waals surface area (Å²) in [4.78, 5) is 2.95. The van der Waals surface area contributed by atoms with E-state index in [4.69, 9.17) is 16.7 Å². The van der Waals surface area contributed by atoms with Crippen LogP contribution in [0.5, 0.6) is 0 Å². The molecule has 1 aromatic heterocycles. The van der Waals surface area contributed by atoms with E-state index in [0.717, 1.165) is 17.4 Å². The number of benzene rings is 1. The number of fused-ring (bicyclic) bond motifs is 1. The number of aliphatic hydroxyl groups excluding tert-OH is 1. The third kappa shape index (κ3) is 1.85. The van der Waals surface area contributed by atoms with E-state index < -0.39 is 5.82 Å². The van der Waals surface area contributed by atoms with Gasteiger partial charge in [0.1, 0.15) is 10.8 Å². The molecule has 0 radical (unpaired) electrons. The molecule has 1 aromatic carbocycles. The lowest BCUT2D eigenvalue weighted by molar-refractivity contribution is 0.289. The fourth-order valence-electron chi connectivity index (χ4n) is 1.67. The molecule has 0 amide bonds. The smallest absolute Gasteiger partial charge is 0.143 e. The van der Waals surface area contributed by atoms with Crippen LogP contribution in [0.25, 0.3) is 10.9 Å². The highest BCUT2D eigenvalue weighted by Gasteiger charge is 2.09. The Morgan fingerprint density at radius 3 is 2.93 bits per heavy atom. The third-order valence-corrected chi connectivity index (χ3v) is 2.81. The van der Waals surface area contributed by atoms with E-state index in [1.165, 1.54) is 6.07 Å². The van der Waals surface area contributed by atoms with Crippen molar-refractivity contribution in [2.24, 2.45) is 0 Å². The van der Waals surface area contributed by atoms with Crippen molar-refractivity contribution in [3.63, 3.8) is 0 Å². The van der Waals surface area contributed by atoms with Gasteiger partial charge in [0.05, 0.1) is 5.52 Å². The van der Waals surface area contributed by atoms with Crippen LogP contribution in [-0.2, 0) is 6.42 Å². The first-order chi connectivity index (χ1) is 7.24. The highest BCUT2D eigenvalue weighted by molar-refractivity contribution is 6.35. The van der Waals surface area contributed by atoms with E-state index in [9.17, 15) is 4.39 Å². The summed E-state index contributed by atoms with van der Waals surface area (Å²) in [6.07, 6.45) is 3.27. The lowest BCUT2D eigenvalue weighted by Gasteiger charge is -1.99. The molecule has 2 N–H and O–H groups in total. The number of hydrogen-bond donors (Lipinski definition) is 2. The Kier molecular flexibility index (Phi) is 2.93. The van der Waals surface area contributed by atoms with E-state index in [1.54, 1.807) is 6.07 Å². The van der Waals surface area contributed by atoms with Crippen LogP contribution >= 0.6 is 11.6 Å². The molecule has 0 aliphatic heterocycles. The minimum atomic E-state index is -0.417. The van der Waals surface area contributed by atoms with Crippen molar-refractivity contribution < 1.29 is 9.50 Å². The van der Waals surface area contributed by atoms with Crippen LogP contribution in [0.3, 0.4) is 0 Å². The highest BCUT2D eigenvalue weighted by Crippen LogP contribution is 2.28. The van der Waals surface area contributed by atoms with E-state index in [0.29, 0.717) is 11.9 Å². The number of rotatable bonds is 3. The van der Waals surface area contributed by atoms with E-state index >= 15 is 0 Å². The molecule has 0 fully saturated rings. The van der Waals surface area contributed by atoms with E-state index in [2.05, 4.69) is 4.98 Å². The van der Waals surface area contributed by atoms with Crippen LogP contribution in [-0.4, -0.2) is 16.7 Å². The van der Waals surface area contributed by atoms with Crippen molar-refractivity contribution in [1.82, 2.24) is 4.98 Å². The van der Waals surface area contributed by atoms with Crippen molar-refractivity contribution in [3.8, 4) is 0 Å². The zero-order valence-corrected chi connectivity index (χ0v) is 8.81. The molecular weight excluding hydrogens is 217 g/mol. The first-order valence-corrected chi connectivity index (χ1v) is 5.16. The van der Waals surface area contributed by atoms with Crippen molar-refractivity contribution in [2.75, 3.05) is 6.61 Å². The lowest BCUT2D eigenvalue weighted by atomic mass is 10.1. The molecule has 2 nitrogen and oxygen atoms in total. The average molecular weight is 228 g/mol. The molecule has 0 unspecified atom stereocenters. The Bertz CT molecular complexity index is 481. The molecule has 0 spiro atoms. The molecule has 2 aromatic rings. The summed E-state index contributed by atoms with van der Waals surface area (Å²) in [6, 6.07) is 3.07. The molecule has 4 heteroatoms. The number of H-pyrrole nitrogens is 1. The van der Waals surface area contributed by atoms with Gasteiger partial charge in [0, 0.05) is 18.2 Å². The van der Waals surface area contributed by atoms with Gasteiger partial charge in [-0.3, -0.25) is 0 Å². The van der Waals surface area contributed by atoms with Crippen LogP contribution in [0.1, 0.15) is 12.0 Å². The maximum atomic E-state index is 13.1. The van der Waals surface area contributed by atoms with Gasteiger partial charge in [-0.1, -0.05) is 11.6 Å². The fourth-order valence-corrected chi connectivity index (χ4v) is 1.89. The van der Waals surface area contributed by atoms with Gasteiger partial charge in [-0.25, -0.2) is 4.39 Å². The SMILES string of the molecule is OCCCc1c[nH]c2c(Cl)c(F)ccc12. The van der Waals surface area contributed by atoms with Gasteiger partial charge in [-0.15, -0.1) is 0 Å². The number of aromatic amines is 1. The number of aryl methyl sites for hydroxylation is 1. The van der Waals surface area contributed by atoms with Gasteiger partial charge in [0.25, 0.3) is 0 Å². The van der Waals surface area contributed by atoms with E-state index in [-0.39, 0.29) is 11.6 Å². The number of nitrogens with one attached hydrogen (secondary N) is 1. The van der Waals surface area contributed by atoms with Crippen molar-refractivity contribution >= 4 is 22.5 Å². The first kappa shape index (κ1) is 10.5. The van der Waals surface area contributed by atoms with Crippen LogP contribution in [0, 0.1) is 5.82 Å². The minimum Gasteiger partial charge on any atom is -0.396 e. The third-order valence-electron chi connectivity index (χ3n) is 2.44. The fraction of sp³-hybridized carbons (Fsp3) is 0.273. The predicted octanol–water partition coefficient (Wildman–Crippen LogP) is 2.89. The molecule has 0 aliphatic rings. The summed E-state index contributed by atoms with van der Waals surface area (Å²) in [5.74, 6) is -0.417. The molecule has 0 aliphatic carbocycles. The second kappa shape index (κ2) is 4.21. The summed E-state index contributed by atoms with van der Waals surface area (Å²) in [7, 11) is 0. The Morgan fingerprint density at radius 1 is 1.40 bits per heavy atom. The molecule has 15 heavy (non-hydrogen) atoms. The Morgan fingerprint density at radius 2 is 2.20 bits per heavy atom. The molecule has 0 atom stereocenters. The predicted molar refractivity (Wildman–Crippen MR) is 58.7 cm³/mol.